The molecule has 9 heteroatoms. The molecule has 0 aromatic rings. The molecule has 0 amide bonds. The summed E-state index contributed by atoms with van der Waals surface area (Å²) in [6.45, 7) is 0. The molecule has 0 saturated heterocycles. The third-order valence-corrected chi connectivity index (χ3v) is 1.04. The van der Waals surface area contributed by atoms with Gasteiger partial charge in [-0.2, -0.15) is 0 Å². The first-order valence-corrected chi connectivity index (χ1v) is 5.18. The van der Waals surface area contributed by atoms with Crippen LogP contribution < -0.4 is 4.86 Å². The van der Waals surface area contributed by atoms with Crippen LogP contribution in [0.3, 0.4) is 0 Å². The van der Waals surface area contributed by atoms with Crippen LogP contribution in [0.5, 0.6) is 0 Å². The van der Waals surface area contributed by atoms with Crippen LogP contribution in [0.1, 0.15) is 0 Å². The second kappa shape index (κ2) is 9.17. The number of halogens is 4. The maximum absolute atomic E-state index is 4.83. The zero-order chi connectivity index (χ0) is 8.62. The highest BCUT2D eigenvalue weighted by Gasteiger charge is 2.11. The molecule has 0 aliphatic carbocycles. The summed E-state index contributed by atoms with van der Waals surface area (Å²) in [6, 6.07) is 0. The summed E-state index contributed by atoms with van der Waals surface area (Å²) in [5.41, 5.74) is 0. The fourth-order valence-electron chi connectivity index (χ4n) is 0.0333. The van der Waals surface area contributed by atoms with Gasteiger partial charge in [0.25, 0.3) is 3.25 Å². The number of hydrogen-bond donors (Lipinski definition) is 1. The molecule has 1 N–H and O–H groups in total. The standard InChI is InChI=1S/CCl4.H5N2P3/c2-1(3,4)5;3-1-5-2-4/h;3-4H2,(H,1,2). The van der Waals surface area contributed by atoms with Crippen LogP contribution in [0.4, 0.5) is 0 Å². The molecule has 2 unspecified atom stereocenters. The van der Waals surface area contributed by atoms with Crippen molar-refractivity contribution in [2.24, 2.45) is 4.52 Å². The normalized spacial score (nSPS) is 11.0. The summed E-state index contributed by atoms with van der Waals surface area (Å²) in [6.07, 6.45) is 0. The molecular weight excluding hydrogens is 275 g/mol. The maximum Gasteiger partial charge on any atom is 0.266 e. The van der Waals surface area contributed by atoms with E-state index in [1.807, 2.05) is 0 Å². The van der Waals surface area contributed by atoms with Crippen molar-refractivity contribution < 1.29 is 0 Å². The minimum atomic E-state index is -1.61. The van der Waals surface area contributed by atoms with Crippen molar-refractivity contribution in [3.8, 4) is 0 Å². The highest BCUT2D eigenvalue weighted by atomic mass is 35.6. The Labute approximate surface area is 86.2 Å². The molecule has 0 aliphatic heterocycles. The van der Waals surface area contributed by atoms with Gasteiger partial charge in [-0.1, -0.05) is 55.8 Å². The van der Waals surface area contributed by atoms with Crippen LogP contribution in [0.2, 0.25) is 0 Å². The second-order valence-electron chi connectivity index (χ2n) is 0.773. The molecule has 0 spiro atoms. The van der Waals surface area contributed by atoms with E-state index in [2.05, 4.69) is 28.2 Å². The molecule has 0 rings (SSSR count). The lowest BCUT2D eigenvalue weighted by Gasteiger charge is -1.91. The zero-order valence-corrected chi connectivity index (χ0v) is 10.8. The van der Waals surface area contributed by atoms with Gasteiger partial charge in [0.05, 0.1) is 8.52 Å². The number of nitrogens with one attached hydrogen (secondary N) is 1. The Hall–Kier alpha value is 2.08. The smallest absolute Gasteiger partial charge is 0.239 e. The van der Waals surface area contributed by atoms with E-state index in [1.165, 1.54) is 0 Å². The predicted molar refractivity (Wildman–Crippen MR) is 58.0 cm³/mol. The van der Waals surface area contributed by atoms with Gasteiger partial charge in [0.15, 0.2) is 0 Å². The van der Waals surface area contributed by atoms with Crippen molar-refractivity contribution >= 4 is 73.7 Å². The SMILES string of the molecule is ClC(Cl)(Cl)Cl.PN=PNP. The summed E-state index contributed by atoms with van der Waals surface area (Å²) in [5, 5.41) is 0. The first kappa shape index (κ1) is 14.6. The Balaban J connectivity index is 0. The monoisotopic (exact) mass is 278 g/mol. The van der Waals surface area contributed by atoms with Crippen molar-refractivity contribution in [1.82, 2.24) is 4.86 Å². The molecule has 0 saturated carbocycles. The fraction of sp³-hybridized carbons (Fsp3) is 1.00. The Morgan fingerprint density at radius 3 is 1.60 bits per heavy atom. The molecule has 0 bridgehead atoms. The molecule has 0 aliphatic rings. The van der Waals surface area contributed by atoms with Crippen molar-refractivity contribution in [3.63, 3.8) is 0 Å². The molecule has 0 aromatic heterocycles. The van der Waals surface area contributed by atoms with E-state index in [0.29, 0.717) is 0 Å². The van der Waals surface area contributed by atoms with E-state index < -0.39 is 3.25 Å². The van der Waals surface area contributed by atoms with Crippen LogP contribution in [0.25, 0.3) is 0 Å². The van der Waals surface area contributed by atoms with E-state index >= 15 is 0 Å². The third-order valence-electron chi connectivity index (χ3n) is 0.115. The Kier molecular flexibility index (Phi) is 13.4. The molecule has 0 heterocycles. The van der Waals surface area contributed by atoms with E-state index in [-0.39, 0.29) is 0 Å². The molecule has 62 valence electrons. The van der Waals surface area contributed by atoms with Crippen molar-refractivity contribution in [1.29, 1.82) is 0 Å². The highest BCUT2D eigenvalue weighted by Crippen LogP contribution is 2.29. The van der Waals surface area contributed by atoms with Gasteiger partial charge in [-0.3, -0.25) is 0 Å². The van der Waals surface area contributed by atoms with E-state index in [1.54, 1.807) is 0 Å². The lowest BCUT2D eigenvalue weighted by Crippen LogP contribution is -1.81. The van der Waals surface area contributed by atoms with Gasteiger partial charge in [-0.15, -0.1) is 0 Å². The van der Waals surface area contributed by atoms with Gasteiger partial charge in [-0.05, 0) is 9.39 Å². The van der Waals surface area contributed by atoms with Gasteiger partial charge in [0.1, 0.15) is 0 Å². The molecule has 2 atom stereocenters. The van der Waals surface area contributed by atoms with Crippen molar-refractivity contribution in [2.75, 3.05) is 0 Å². The lowest BCUT2D eigenvalue weighted by molar-refractivity contribution is 1.74. The summed E-state index contributed by atoms with van der Waals surface area (Å²) < 4.78 is 2.00. The second-order valence-corrected chi connectivity index (χ2v) is 6.36. The minimum absolute atomic E-state index is 0.881. The van der Waals surface area contributed by atoms with Gasteiger partial charge >= 0.3 is 0 Å². The zero-order valence-electron chi connectivity index (χ0n) is 4.56. The predicted octanol–water partition coefficient (Wildman–Crippen LogP) is 3.75. The summed E-state index contributed by atoms with van der Waals surface area (Å²) in [7, 11) is 5.45. The third kappa shape index (κ3) is 49.9. The van der Waals surface area contributed by atoms with Crippen molar-refractivity contribution in [3.05, 3.63) is 0 Å². The Morgan fingerprint density at radius 2 is 1.60 bits per heavy atom. The molecule has 0 radical (unpaired) electrons. The molecule has 0 fully saturated rings. The number of nitrogens with zero attached hydrogens (tertiary/aromatic N) is 1. The topological polar surface area (TPSA) is 24.4 Å². The van der Waals surface area contributed by atoms with Crippen molar-refractivity contribution in [2.45, 2.75) is 3.25 Å². The number of rotatable bonds is 1. The van der Waals surface area contributed by atoms with E-state index in [4.69, 9.17) is 46.4 Å². The highest BCUT2D eigenvalue weighted by molar-refractivity contribution is 7.41. The van der Waals surface area contributed by atoms with Crippen LogP contribution in [0.15, 0.2) is 4.52 Å². The maximum atomic E-state index is 4.83. The minimum Gasteiger partial charge on any atom is -0.239 e. The van der Waals surface area contributed by atoms with Gasteiger partial charge < -0.3 is 0 Å². The summed E-state index contributed by atoms with van der Waals surface area (Å²) in [4.78, 5) is 2.72. The largest absolute Gasteiger partial charge is 0.266 e. The fourth-order valence-corrected chi connectivity index (χ4v) is 0.900. The van der Waals surface area contributed by atoms with E-state index in [0.717, 1.165) is 8.52 Å². The molecule has 10 heavy (non-hydrogen) atoms. The summed E-state index contributed by atoms with van der Waals surface area (Å²) >= 11 is 19.3. The molecule has 2 nitrogen and oxygen atoms in total. The van der Waals surface area contributed by atoms with Gasteiger partial charge in [0, 0.05) is 0 Å². The lowest BCUT2D eigenvalue weighted by atomic mass is 11.8. The first-order valence-electron chi connectivity index (χ1n) is 1.73. The van der Waals surface area contributed by atoms with Crippen LogP contribution in [-0.2, 0) is 0 Å². The molecule has 0 aromatic carbocycles. The first-order chi connectivity index (χ1) is 4.41. The van der Waals surface area contributed by atoms with Crippen LogP contribution >= 0.6 is 73.7 Å². The van der Waals surface area contributed by atoms with Gasteiger partial charge in [-0.25, -0.2) is 9.37 Å². The quantitative estimate of drug-likeness (QED) is 0.574. The summed E-state index contributed by atoms with van der Waals surface area (Å²) in [5.74, 6) is 0. The number of alkyl halides is 4. The molecular formula is CH5Cl4N2P3. The van der Waals surface area contributed by atoms with Gasteiger partial charge in [0.2, 0.25) is 0 Å². The Bertz CT molecular complexity index is 85.0. The van der Waals surface area contributed by atoms with Crippen LogP contribution in [-0.4, -0.2) is 3.25 Å². The van der Waals surface area contributed by atoms with Crippen LogP contribution in [0, 0.1) is 0 Å². The average molecular weight is 280 g/mol. The van der Waals surface area contributed by atoms with E-state index in [9.17, 15) is 0 Å². The Morgan fingerprint density at radius 1 is 1.30 bits per heavy atom. The average Bonchev–Trinajstić information content (AvgIpc) is 1.63. The number of hydrogen-bond acceptors (Lipinski definition) is 1.